The van der Waals surface area contributed by atoms with E-state index in [2.05, 4.69) is 10.3 Å². The predicted molar refractivity (Wildman–Crippen MR) is 98.9 cm³/mol. The van der Waals surface area contributed by atoms with Gasteiger partial charge in [-0.25, -0.2) is 13.2 Å². The van der Waals surface area contributed by atoms with Gasteiger partial charge in [0.15, 0.2) is 4.90 Å². The number of piperidine rings is 1. The maximum Gasteiger partial charge on any atom is 0.325 e. The molecule has 1 saturated carbocycles. The zero-order chi connectivity index (χ0) is 19.6. The van der Waals surface area contributed by atoms with E-state index in [1.807, 2.05) is 4.98 Å². The van der Waals surface area contributed by atoms with Gasteiger partial charge >= 0.3 is 5.69 Å². The maximum atomic E-state index is 13.0. The van der Waals surface area contributed by atoms with Crippen molar-refractivity contribution in [2.45, 2.75) is 62.8 Å². The van der Waals surface area contributed by atoms with E-state index in [0.29, 0.717) is 12.8 Å². The molecule has 0 bridgehead atoms. The Hall–Kier alpha value is -1.94. The Labute approximate surface area is 157 Å². The molecule has 10 heteroatoms. The van der Waals surface area contributed by atoms with E-state index in [1.165, 1.54) is 17.6 Å². The number of amides is 1. The molecule has 1 aliphatic heterocycles. The number of hydrogen-bond donors (Lipinski definition) is 3. The first-order chi connectivity index (χ1) is 12.8. The molecule has 9 nitrogen and oxygen atoms in total. The highest BCUT2D eigenvalue weighted by Crippen LogP contribution is 2.24. The lowest BCUT2D eigenvalue weighted by molar-refractivity contribution is -0.127. The van der Waals surface area contributed by atoms with Crippen molar-refractivity contribution >= 4 is 15.9 Å². The van der Waals surface area contributed by atoms with Crippen molar-refractivity contribution in [2.24, 2.45) is 5.92 Å². The summed E-state index contributed by atoms with van der Waals surface area (Å²) in [6.07, 6.45) is 6.48. The summed E-state index contributed by atoms with van der Waals surface area (Å²) >= 11 is 0. The SMILES string of the molecule is Cc1[nH]c(=O)[nH]c(=O)c1S(=O)(=O)N1CCC[C@H](C(=O)NC2CCCCC2)C1. The monoisotopic (exact) mass is 398 g/mol. The molecule has 0 unspecified atom stereocenters. The van der Waals surface area contributed by atoms with Crippen molar-refractivity contribution in [1.29, 1.82) is 0 Å². The maximum absolute atomic E-state index is 13.0. The molecule has 150 valence electrons. The first kappa shape index (κ1) is 19.8. The van der Waals surface area contributed by atoms with Gasteiger partial charge in [-0.1, -0.05) is 19.3 Å². The molecule has 1 aromatic rings. The number of carbonyl (C=O) groups is 1. The summed E-state index contributed by atoms with van der Waals surface area (Å²) in [4.78, 5) is 39.8. The fraction of sp³-hybridized carbons (Fsp3) is 0.706. The zero-order valence-corrected chi connectivity index (χ0v) is 16.2. The number of aromatic amines is 2. The van der Waals surface area contributed by atoms with Gasteiger partial charge in [-0.05, 0) is 32.6 Å². The average Bonchev–Trinajstić information content (AvgIpc) is 2.61. The number of sulfonamides is 1. The van der Waals surface area contributed by atoms with Gasteiger partial charge in [0.05, 0.1) is 5.92 Å². The van der Waals surface area contributed by atoms with E-state index in [0.717, 1.165) is 25.7 Å². The topological polar surface area (TPSA) is 132 Å². The van der Waals surface area contributed by atoms with E-state index >= 15 is 0 Å². The van der Waals surface area contributed by atoms with Gasteiger partial charge in [-0.3, -0.25) is 14.6 Å². The van der Waals surface area contributed by atoms with Gasteiger partial charge < -0.3 is 10.3 Å². The molecule has 1 atom stereocenters. The molecule has 2 aliphatic rings. The normalized spacial score (nSPS) is 22.5. The smallest absolute Gasteiger partial charge is 0.325 e. The molecule has 2 heterocycles. The molecule has 0 spiro atoms. The van der Waals surface area contributed by atoms with Crippen molar-refractivity contribution in [3.63, 3.8) is 0 Å². The van der Waals surface area contributed by atoms with Gasteiger partial charge in [-0.15, -0.1) is 0 Å². The van der Waals surface area contributed by atoms with Gasteiger partial charge in [0, 0.05) is 24.8 Å². The second-order valence-corrected chi connectivity index (χ2v) is 9.28. The standard InChI is InChI=1S/C17H26N4O5S/c1-11-14(16(23)20-17(24)18-11)27(25,26)21-9-5-6-12(10-21)15(22)19-13-7-3-2-4-8-13/h12-13H,2-10H2,1H3,(H,19,22)(H2,18,20,23,24)/t12-/m0/s1. The average molecular weight is 398 g/mol. The highest BCUT2D eigenvalue weighted by Gasteiger charge is 2.36. The second kappa shape index (κ2) is 7.97. The molecular formula is C17H26N4O5S. The van der Waals surface area contributed by atoms with Crippen LogP contribution in [0.3, 0.4) is 0 Å². The number of rotatable bonds is 4. The van der Waals surface area contributed by atoms with Crippen LogP contribution in [-0.2, 0) is 14.8 Å². The number of aromatic nitrogens is 2. The lowest BCUT2D eigenvalue weighted by Gasteiger charge is -2.32. The lowest BCUT2D eigenvalue weighted by Crippen LogP contribution is -2.48. The molecule has 1 saturated heterocycles. The Bertz CT molecular complexity index is 914. The highest BCUT2D eigenvalue weighted by molar-refractivity contribution is 7.89. The van der Waals surface area contributed by atoms with Crippen LogP contribution in [0.2, 0.25) is 0 Å². The zero-order valence-electron chi connectivity index (χ0n) is 15.4. The van der Waals surface area contributed by atoms with Crippen molar-refractivity contribution in [3.8, 4) is 0 Å². The molecule has 2 fully saturated rings. The van der Waals surface area contributed by atoms with E-state index in [-0.39, 0.29) is 30.7 Å². The van der Waals surface area contributed by atoms with Crippen LogP contribution in [0.25, 0.3) is 0 Å². The summed E-state index contributed by atoms with van der Waals surface area (Å²) in [5.41, 5.74) is -1.69. The molecule has 1 aromatic heterocycles. The minimum atomic E-state index is -4.10. The predicted octanol–water partition coefficient (Wildman–Crippen LogP) is 0.221. The summed E-state index contributed by atoms with van der Waals surface area (Å²) in [5, 5.41) is 3.05. The van der Waals surface area contributed by atoms with Crippen LogP contribution >= 0.6 is 0 Å². The summed E-state index contributed by atoms with van der Waals surface area (Å²) in [6, 6.07) is 0.169. The highest BCUT2D eigenvalue weighted by atomic mass is 32.2. The van der Waals surface area contributed by atoms with Crippen LogP contribution in [0.1, 0.15) is 50.6 Å². The second-order valence-electron chi connectivity index (χ2n) is 7.41. The van der Waals surface area contributed by atoms with Gasteiger partial charge in [-0.2, -0.15) is 4.31 Å². The number of hydrogen-bond acceptors (Lipinski definition) is 5. The number of H-pyrrole nitrogens is 2. The van der Waals surface area contributed by atoms with Gasteiger partial charge in [0.1, 0.15) is 0 Å². The summed E-state index contributed by atoms with van der Waals surface area (Å²) in [7, 11) is -4.10. The van der Waals surface area contributed by atoms with Crippen molar-refractivity contribution in [1.82, 2.24) is 19.6 Å². The molecule has 0 radical (unpaired) electrons. The fourth-order valence-corrected chi connectivity index (χ4v) is 5.70. The lowest BCUT2D eigenvalue weighted by atomic mass is 9.93. The third kappa shape index (κ3) is 4.32. The molecule has 3 rings (SSSR count). The quantitative estimate of drug-likeness (QED) is 0.667. The van der Waals surface area contributed by atoms with E-state index in [1.54, 1.807) is 0 Å². The van der Waals surface area contributed by atoms with Crippen molar-refractivity contribution in [2.75, 3.05) is 13.1 Å². The largest absolute Gasteiger partial charge is 0.353 e. The number of aryl methyl sites for hydroxylation is 1. The Kier molecular flexibility index (Phi) is 5.85. The van der Waals surface area contributed by atoms with Crippen molar-refractivity contribution in [3.05, 3.63) is 26.5 Å². The third-order valence-electron chi connectivity index (χ3n) is 5.38. The first-order valence-corrected chi connectivity index (χ1v) is 10.9. The van der Waals surface area contributed by atoms with E-state index < -0.39 is 32.1 Å². The minimum absolute atomic E-state index is 0.00229. The number of nitrogens with zero attached hydrogens (tertiary/aromatic N) is 1. The van der Waals surface area contributed by atoms with Crippen LogP contribution < -0.4 is 16.6 Å². The molecular weight excluding hydrogens is 372 g/mol. The third-order valence-corrected chi connectivity index (χ3v) is 7.40. The summed E-state index contributed by atoms with van der Waals surface area (Å²) in [5.74, 6) is -0.550. The van der Waals surface area contributed by atoms with Crippen molar-refractivity contribution < 1.29 is 13.2 Å². The Morgan fingerprint density at radius 2 is 1.78 bits per heavy atom. The fourth-order valence-electron chi connectivity index (χ4n) is 3.97. The van der Waals surface area contributed by atoms with E-state index in [9.17, 15) is 22.8 Å². The summed E-state index contributed by atoms with van der Waals surface area (Å²) < 4.78 is 27.1. The van der Waals surface area contributed by atoms with Gasteiger partial charge in [0.2, 0.25) is 15.9 Å². The van der Waals surface area contributed by atoms with Crippen LogP contribution in [0.15, 0.2) is 14.5 Å². The van der Waals surface area contributed by atoms with Crippen LogP contribution in [-0.4, -0.2) is 47.7 Å². The first-order valence-electron chi connectivity index (χ1n) is 9.43. The Balaban J connectivity index is 1.76. The molecule has 1 amide bonds. The van der Waals surface area contributed by atoms with Crippen LogP contribution in [0.4, 0.5) is 0 Å². The minimum Gasteiger partial charge on any atom is -0.353 e. The van der Waals surface area contributed by atoms with E-state index in [4.69, 9.17) is 0 Å². The molecule has 3 N–H and O–H groups in total. The number of carbonyl (C=O) groups excluding carboxylic acids is 1. The Morgan fingerprint density at radius 3 is 2.44 bits per heavy atom. The van der Waals surface area contributed by atoms with Crippen LogP contribution in [0, 0.1) is 12.8 Å². The van der Waals surface area contributed by atoms with Gasteiger partial charge in [0.25, 0.3) is 5.56 Å². The molecule has 27 heavy (non-hydrogen) atoms. The van der Waals surface area contributed by atoms with Crippen LogP contribution in [0.5, 0.6) is 0 Å². The molecule has 0 aromatic carbocycles. The number of nitrogens with one attached hydrogen (secondary N) is 3. The Morgan fingerprint density at radius 1 is 1.07 bits per heavy atom. The molecule has 1 aliphatic carbocycles. The summed E-state index contributed by atoms with van der Waals surface area (Å²) in [6.45, 7) is 1.66.